The lowest BCUT2D eigenvalue weighted by Crippen LogP contribution is -2.27. The van der Waals surface area contributed by atoms with E-state index in [0.717, 1.165) is 83.5 Å². The second-order valence-electron chi connectivity index (χ2n) is 12.5. The largest absolute Gasteiger partial charge is 0.472 e. The number of carbonyl (C=O) groups excluding carboxylic acids is 2. The number of hydrogen-bond acceptors (Lipinski definition) is 7. The Balaban J connectivity index is 3.66. The molecule has 9 nitrogen and oxygen atoms in total. The van der Waals surface area contributed by atoms with Crippen LogP contribution in [0.4, 0.5) is 0 Å². The third kappa shape index (κ3) is 35.5. The normalized spacial score (nSPS) is 13.8. The molecule has 0 rings (SSSR count). The van der Waals surface area contributed by atoms with E-state index in [1.807, 2.05) is 0 Å². The third-order valence-corrected chi connectivity index (χ3v) is 8.78. The van der Waals surface area contributed by atoms with E-state index in [2.05, 4.69) is 55.6 Å². The summed E-state index contributed by atoms with van der Waals surface area (Å²) in [6.45, 7) is 3.45. The fraction of sp³-hybridized carbons (Fsp3) is 0.789. The van der Waals surface area contributed by atoms with Crippen molar-refractivity contribution in [3.05, 3.63) is 36.5 Å². The number of allylic oxidation sites excluding steroid dienone is 6. The van der Waals surface area contributed by atoms with Crippen LogP contribution in [-0.4, -0.2) is 54.3 Å². The van der Waals surface area contributed by atoms with Gasteiger partial charge in [-0.05, 0) is 64.2 Å². The van der Waals surface area contributed by atoms with Gasteiger partial charge in [0.1, 0.15) is 12.7 Å². The second kappa shape index (κ2) is 35.1. The molecule has 0 aromatic carbocycles. The quantitative estimate of drug-likeness (QED) is 0.0258. The summed E-state index contributed by atoms with van der Waals surface area (Å²) in [5.41, 5.74) is 0. The first-order valence-corrected chi connectivity index (χ1v) is 20.5. The molecule has 2 unspecified atom stereocenters. The zero-order chi connectivity index (χ0) is 35.4. The monoisotopic (exact) mass is 699 g/mol. The molecule has 0 bridgehead atoms. The summed E-state index contributed by atoms with van der Waals surface area (Å²) in [5.74, 6) is -0.542. The lowest BCUT2D eigenvalue weighted by molar-refractivity contribution is -0.147. The first-order valence-electron chi connectivity index (χ1n) is 19.0. The van der Waals surface area contributed by atoms with Gasteiger partial charge in [0.15, 0.2) is 0 Å². The van der Waals surface area contributed by atoms with Crippen LogP contribution in [0.15, 0.2) is 36.5 Å². The van der Waals surface area contributed by atoms with Crippen LogP contribution in [0.5, 0.6) is 0 Å². The van der Waals surface area contributed by atoms with Crippen LogP contribution in [0.3, 0.4) is 0 Å². The summed E-state index contributed by atoms with van der Waals surface area (Å²) in [6, 6.07) is 0. The maximum absolute atomic E-state index is 12.0. The molecule has 0 aliphatic rings. The van der Waals surface area contributed by atoms with Gasteiger partial charge in [-0.15, -0.1) is 0 Å². The molecule has 0 saturated heterocycles. The lowest BCUT2D eigenvalue weighted by atomic mass is 10.1. The molecule has 0 spiro atoms. The Morgan fingerprint density at radius 3 is 1.75 bits per heavy atom. The Kier molecular flexibility index (Phi) is 33.8. The van der Waals surface area contributed by atoms with Crippen molar-refractivity contribution < 1.29 is 37.9 Å². The third-order valence-electron chi connectivity index (χ3n) is 7.79. The highest BCUT2D eigenvalue weighted by molar-refractivity contribution is 7.47. The van der Waals surface area contributed by atoms with Gasteiger partial charge in [-0.2, -0.15) is 0 Å². The standard InChI is InChI=1S/C38H70NO8P/c1-3-5-7-9-11-13-15-17-19-20-22-24-26-28-30-37(41)39-32-33-46-48(43,44)47-35-36(40)34-45-38(42)31-29-27-25-23-21-18-16-14-12-10-8-6-4-2/h9,11,14-17,36,40H,3-8,10,12-13,18-35H2,1-2H3,(H,39,41)(H,43,44)/b11-9-,16-14-,17-15-. The number of esters is 1. The van der Waals surface area contributed by atoms with Gasteiger partial charge in [0.05, 0.1) is 13.2 Å². The minimum atomic E-state index is -4.41. The minimum absolute atomic E-state index is 0.0727. The van der Waals surface area contributed by atoms with Crippen molar-refractivity contribution in [1.29, 1.82) is 0 Å². The van der Waals surface area contributed by atoms with Crippen molar-refractivity contribution >= 4 is 19.7 Å². The van der Waals surface area contributed by atoms with Crippen molar-refractivity contribution in [3.63, 3.8) is 0 Å². The predicted octanol–water partition coefficient (Wildman–Crippen LogP) is 9.82. The van der Waals surface area contributed by atoms with Crippen LogP contribution in [0.25, 0.3) is 0 Å². The van der Waals surface area contributed by atoms with Crippen LogP contribution in [0, 0.1) is 0 Å². The zero-order valence-corrected chi connectivity index (χ0v) is 31.3. The van der Waals surface area contributed by atoms with Crippen LogP contribution in [-0.2, 0) is 27.9 Å². The number of hydrogen-bond donors (Lipinski definition) is 3. The molecule has 1 amide bonds. The summed E-state index contributed by atoms with van der Waals surface area (Å²) in [4.78, 5) is 33.7. The fourth-order valence-electron chi connectivity index (χ4n) is 4.86. The van der Waals surface area contributed by atoms with E-state index >= 15 is 0 Å². The number of aliphatic hydroxyl groups is 1. The predicted molar refractivity (Wildman–Crippen MR) is 197 cm³/mol. The molecular weight excluding hydrogens is 629 g/mol. The molecular formula is C38H70NO8P. The van der Waals surface area contributed by atoms with Crippen LogP contribution < -0.4 is 5.32 Å². The highest BCUT2D eigenvalue weighted by Crippen LogP contribution is 2.42. The average Bonchev–Trinajstić information content (AvgIpc) is 3.07. The Morgan fingerprint density at radius 1 is 0.646 bits per heavy atom. The molecule has 3 N–H and O–H groups in total. The number of aliphatic hydroxyl groups excluding tert-OH is 1. The van der Waals surface area contributed by atoms with Gasteiger partial charge in [-0.1, -0.05) is 121 Å². The molecule has 2 atom stereocenters. The summed E-state index contributed by atoms with van der Waals surface area (Å²) in [7, 11) is -4.41. The van der Waals surface area contributed by atoms with Crippen molar-refractivity contribution in [1.82, 2.24) is 5.32 Å². The summed E-state index contributed by atoms with van der Waals surface area (Å²) in [6.07, 6.45) is 36.4. The maximum Gasteiger partial charge on any atom is 0.472 e. The topological polar surface area (TPSA) is 131 Å². The van der Waals surface area contributed by atoms with Crippen molar-refractivity contribution in [2.75, 3.05) is 26.4 Å². The summed E-state index contributed by atoms with van der Waals surface area (Å²) >= 11 is 0. The molecule has 0 aromatic rings. The zero-order valence-electron chi connectivity index (χ0n) is 30.4. The number of ether oxygens (including phenoxy) is 1. The highest BCUT2D eigenvalue weighted by atomic mass is 31.2. The Hall–Kier alpha value is -1.77. The first kappa shape index (κ1) is 46.2. The van der Waals surface area contributed by atoms with Crippen LogP contribution in [0.2, 0.25) is 0 Å². The smallest absolute Gasteiger partial charge is 0.463 e. The number of phosphoric acid groups is 1. The highest BCUT2D eigenvalue weighted by Gasteiger charge is 2.23. The number of unbranched alkanes of at least 4 members (excludes halogenated alkanes) is 16. The number of carbonyl (C=O) groups is 2. The van der Waals surface area contributed by atoms with Gasteiger partial charge < -0.3 is 20.1 Å². The summed E-state index contributed by atoms with van der Waals surface area (Å²) in [5, 5.41) is 12.6. The van der Waals surface area contributed by atoms with E-state index in [1.165, 1.54) is 51.4 Å². The minimum Gasteiger partial charge on any atom is -0.463 e. The van der Waals surface area contributed by atoms with Crippen molar-refractivity contribution in [3.8, 4) is 0 Å². The molecule has 0 heterocycles. The van der Waals surface area contributed by atoms with Crippen molar-refractivity contribution in [2.45, 2.75) is 168 Å². The SMILES string of the molecule is CCCC/C=C\C/C=C\CCCCCCCC(=O)NCCOP(=O)(O)OCC(O)COC(=O)CCCCCCC/C=C\CCCCCC. The molecule has 10 heteroatoms. The first-order chi connectivity index (χ1) is 23.3. The Morgan fingerprint density at radius 2 is 1.15 bits per heavy atom. The van der Waals surface area contributed by atoms with Gasteiger partial charge in [-0.25, -0.2) is 4.57 Å². The fourth-order valence-corrected chi connectivity index (χ4v) is 5.62. The van der Waals surface area contributed by atoms with E-state index in [-0.39, 0.29) is 32.1 Å². The molecule has 0 saturated carbocycles. The molecule has 280 valence electrons. The molecule has 0 aliphatic heterocycles. The van der Waals surface area contributed by atoms with E-state index in [9.17, 15) is 24.2 Å². The Bertz CT molecular complexity index is 892. The van der Waals surface area contributed by atoms with Gasteiger partial charge in [-0.3, -0.25) is 18.6 Å². The van der Waals surface area contributed by atoms with Gasteiger partial charge in [0, 0.05) is 19.4 Å². The molecule has 0 aliphatic carbocycles. The lowest BCUT2D eigenvalue weighted by Gasteiger charge is -2.15. The second-order valence-corrected chi connectivity index (χ2v) is 14.0. The molecule has 0 radical (unpaired) electrons. The van der Waals surface area contributed by atoms with Gasteiger partial charge >= 0.3 is 13.8 Å². The van der Waals surface area contributed by atoms with E-state index in [1.54, 1.807) is 0 Å². The molecule has 0 fully saturated rings. The van der Waals surface area contributed by atoms with Crippen molar-refractivity contribution in [2.24, 2.45) is 0 Å². The number of phosphoric ester groups is 1. The van der Waals surface area contributed by atoms with E-state index in [0.29, 0.717) is 6.42 Å². The average molecular weight is 700 g/mol. The summed E-state index contributed by atoms with van der Waals surface area (Å²) < 4.78 is 26.7. The van der Waals surface area contributed by atoms with Gasteiger partial charge in [0.25, 0.3) is 0 Å². The number of nitrogens with one attached hydrogen (secondary N) is 1. The maximum atomic E-state index is 12.0. The Labute approximate surface area is 293 Å². The van der Waals surface area contributed by atoms with Crippen LogP contribution >= 0.6 is 7.82 Å². The number of rotatable bonds is 35. The number of amides is 1. The molecule has 48 heavy (non-hydrogen) atoms. The van der Waals surface area contributed by atoms with Crippen LogP contribution in [0.1, 0.15) is 162 Å². The van der Waals surface area contributed by atoms with Gasteiger partial charge in [0.2, 0.25) is 5.91 Å². The van der Waals surface area contributed by atoms with E-state index < -0.39 is 26.5 Å². The molecule has 0 aromatic heterocycles. The van der Waals surface area contributed by atoms with E-state index in [4.69, 9.17) is 13.8 Å².